The van der Waals surface area contributed by atoms with Gasteiger partial charge in [0.2, 0.25) is 0 Å². The van der Waals surface area contributed by atoms with Gasteiger partial charge in [0.15, 0.2) is 0 Å². The van der Waals surface area contributed by atoms with Crippen LogP contribution in [0.3, 0.4) is 0 Å². The van der Waals surface area contributed by atoms with Gasteiger partial charge in [-0.15, -0.1) is 0 Å². The number of allylic oxidation sites excluding steroid dienone is 1. The lowest BCUT2D eigenvalue weighted by molar-refractivity contribution is 0.133. The minimum absolute atomic E-state index is 0.541. The SMILES string of the molecule is CCOCc1ccccc1CNC1C=CCCC1. The third-order valence-corrected chi connectivity index (χ3v) is 3.39. The molecule has 0 aliphatic heterocycles. The van der Waals surface area contributed by atoms with E-state index in [4.69, 9.17) is 4.74 Å². The molecule has 1 aliphatic rings. The van der Waals surface area contributed by atoms with E-state index in [2.05, 4.69) is 41.7 Å². The van der Waals surface area contributed by atoms with Gasteiger partial charge in [0.05, 0.1) is 6.61 Å². The molecule has 1 aromatic carbocycles. The molecule has 1 N–H and O–H groups in total. The first-order valence-corrected chi connectivity index (χ1v) is 6.94. The van der Waals surface area contributed by atoms with E-state index in [1.165, 1.54) is 30.4 Å². The van der Waals surface area contributed by atoms with Crippen LogP contribution in [0.4, 0.5) is 0 Å². The molecule has 1 unspecified atom stereocenters. The van der Waals surface area contributed by atoms with Gasteiger partial charge in [-0.25, -0.2) is 0 Å². The number of nitrogens with one attached hydrogen (secondary N) is 1. The molecule has 98 valence electrons. The summed E-state index contributed by atoms with van der Waals surface area (Å²) in [6.07, 6.45) is 8.37. The minimum Gasteiger partial charge on any atom is -0.377 e. The Morgan fingerprint density at radius 3 is 2.83 bits per heavy atom. The second-order valence-electron chi connectivity index (χ2n) is 4.75. The van der Waals surface area contributed by atoms with Crippen molar-refractivity contribution in [2.45, 2.75) is 45.4 Å². The Morgan fingerprint density at radius 1 is 1.28 bits per heavy atom. The molecular weight excluding hydrogens is 222 g/mol. The summed E-state index contributed by atoms with van der Waals surface area (Å²) < 4.78 is 5.51. The van der Waals surface area contributed by atoms with Crippen molar-refractivity contribution in [2.75, 3.05) is 6.61 Å². The zero-order chi connectivity index (χ0) is 12.6. The lowest BCUT2D eigenvalue weighted by Gasteiger charge is -2.19. The topological polar surface area (TPSA) is 21.3 Å². The smallest absolute Gasteiger partial charge is 0.0719 e. The van der Waals surface area contributed by atoms with Gasteiger partial charge in [-0.1, -0.05) is 36.4 Å². The van der Waals surface area contributed by atoms with E-state index in [9.17, 15) is 0 Å². The molecular formula is C16H23NO. The van der Waals surface area contributed by atoms with Gasteiger partial charge in [0, 0.05) is 19.2 Å². The second-order valence-corrected chi connectivity index (χ2v) is 4.75. The monoisotopic (exact) mass is 245 g/mol. The fraction of sp³-hybridized carbons (Fsp3) is 0.500. The Balaban J connectivity index is 1.91. The van der Waals surface area contributed by atoms with Crippen molar-refractivity contribution in [3.8, 4) is 0 Å². The molecule has 1 aromatic rings. The zero-order valence-corrected chi connectivity index (χ0v) is 11.2. The minimum atomic E-state index is 0.541. The van der Waals surface area contributed by atoms with Gasteiger partial charge in [-0.05, 0) is 37.3 Å². The lowest BCUT2D eigenvalue weighted by Crippen LogP contribution is -2.28. The van der Waals surface area contributed by atoms with Crippen LogP contribution in [-0.2, 0) is 17.9 Å². The van der Waals surface area contributed by atoms with Crippen molar-refractivity contribution < 1.29 is 4.74 Å². The van der Waals surface area contributed by atoms with E-state index in [0.29, 0.717) is 6.04 Å². The lowest BCUT2D eigenvalue weighted by atomic mass is 10.0. The van der Waals surface area contributed by atoms with Gasteiger partial charge in [0.25, 0.3) is 0 Å². The number of hydrogen-bond acceptors (Lipinski definition) is 2. The van der Waals surface area contributed by atoms with E-state index >= 15 is 0 Å². The summed E-state index contributed by atoms with van der Waals surface area (Å²) in [5.41, 5.74) is 2.65. The number of hydrogen-bond donors (Lipinski definition) is 1. The first kappa shape index (κ1) is 13.3. The van der Waals surface area contributed by atoms with E-state index in [0.717, 1.165) is 19.8 Å². The van der Waals surface area contributed by atoms with E-state index in [-0.39, 0.29) is 0 Å². The van der Waals surface area contributed by atoms with Crippen molar-refractivity contribution in [3.05, 3.63) is 47.5 Å². The van der Waals surface area contributed by atoms with E-state index in [1.807, 2.05) is 6.92 Å². The fourth-order valence-electron chi connectivity index (χ4n) is 2.31. The Morgan fingerprint density at radius 2 is 2.11 bits per heavy atom. The van der Waals surface area contributed by atoms with Gasteiger partial charge in [0.1, 0.15) is 0 Å². The molecule has 0 aromatic heterocycles. The number of rotatable bonds is 6. The van der Waals surface area contributed by atoms with Gasteiger partial charge < -0.3 is 10.1 Å². The molecule has 0 saturated carbocycles. The summed E-state index contributed by atoms with van der Waals surface area (Å²) >= 11 is 0. The number of benzene rings is 1. The number of ether oxygens (including phenoxy) is 1. The second kappa shape index (κ2) is 7.34. The third-order valence-electron chi connectivity index (χ3n) is 3.39. The van der Waals surface area contributed by atoms with Crippen LogP contribution in [0.25, 0.3) is 0 Å². The molecule has 0 amide bonds. The third kappa shape index (κ3) is 3.97. The highest BCUT2D eigenvalue weighted by Crippen LogP contribution is 2.13. The first-order valence-electron chi connectivity index (χ1n) is 6.94. The maximum absolute atomic E-state index is 5.51. The Bertz CT molecular complexity index is 386. The highest BCUT2D eigenvalue weighted by Gasteiger charge is 2.08. The van der Waals surface area contributed by atoms with Gasteiger partial charge in [-0.2, -0.15) is 0 Å². The molecule has 1 aliphatic carbocycles. The van der Waals surface area contributed by atoms with Crippen LogP contribution in [0, 0.1) is 0 Å². The molecule has 0 spiro atoms. The molecule has 0 radical (unpaired) electrons. The van der Waals surface area contributed by atoms with Gasteiger partial charge >= 0.3 is 0 Å². The average molecular weight is 245 g/mol. The summed E-state index contributed by atoms with van der Waals surface area (Å²) in [4.78, 5) is 0. The quantitative estimate of drug-likeness (QED) is 0.775. The Hall–Kier alpha value is -1.12. The molecule has 2 heteroatoms. The van der Waals surface area contributed by atoms with Crippen LogP contribution in [0.5, 0.6) is 0 Å². The summed E-state index contributed by atoms with van der Waals surface area (Å²) in [5.74, 6) is 0. The van der Waals surface area contributed by atoms with Crippen LogP contribution >= 0.6 is 0 Å². The van der Waals surface area contributed by atoms with Crippen LogP contribution in [0.2, 0.25) is 0 Å². The predicted octanol–water partition coefficient (Wildman–Crippen LogP) is 3.42. The Labute approximate surface area is 110 Å². The molecule has 2 rings (SSSR count). The maximum Gasteiger partial charge on any atom is 0.0719 e. The first-order chi connectivity index (χ1) is 8.90. The van der Waals surface area contributed by atoms with E-state index < -0.39 is 0 Å². The van der Waals surface area contributed by atoms with Crippen molar-refractivity contribution >= 4 is 0 Å². The molecule has 1 atom stereocenters. The summed E-state index contributed by atoms with van der Waals surface area (Å²) in [6, 6.07) is 9.07. The van der Waals surface area contributed by atoms with Crippen molar-refractivity contribution in [1.82, 2.24) is 5.32 Å². The van der Waals surface area contributed by atoms with Crippen LogP contribution in [-0.4, -0.2) is 12.6 Å². The van der Waals surface area contributed by atoms with E-state index in [1.54, 1.807) is 0 Å². The molecule has 18 heavy (non-hydrogen) atoms. The molecule has 0 saturated heterocycles. The fourth-order valence-corrected chi connectivity index (χ4v) is 2.31. The van der Waals surface area contributed by atoms with Crippen LogP contribution < -0.4 is 5.32 Å². The zero-order valence-electron chi connectivity index (χ0n) is 11.2. The summed E-state index contributed by atoms with van der Waals surface area (Å²) in [7, 11) is 0. The van der Waals surface area contributed by atoms with Crippen LogP contribution in [0.15, 0.2) is 36.4 Å². The summed E-state index contributed by atoms with van der Waals surface area (Å²) in [5, 5.41) is 3.61. The normalized spacial score (nSPS) is 19.1. The highest BCUT2D eigenvalue weighted by molar-refractivity contribution is 5.26. The predicted molar refractivity (Wildman–Crippen MR) is 75.4 cm³/mol. The van der Waals surface area contributed by atoms with Crippen molar-refractivity contribution in [1.29, 1.82) is 0 Å². The van der Waals surface area contributed by atoms with Gasteiger partial charge in [-0.3, -0.25) is 0 Å². The summed E-state index contributed by atoms with van der Waals surface area (Å²) in [6.45, 7) is 4.45. The molecule has 2 nitrogen and oxygen atoms in total. The highest BCUT2D eigenvalue weighted by atomic mass is 16.5. The average Bonchev–Trinajstić information content (AvgIpc) is 2.45. The van der Waals surface area contributed by atoms with Crippen molar-refractivity contribution in [2.24, 2.45) is 0 Å². The molecule has 0 heterocycles. The maximum atomic E-state index is 5.51. The largest absolute Gasteiger partial charge is 0.377 e. The van der Waals surface area contributed by atoms with Crippen molar-refractivity contribution in [3.63, 3.8) is 0 Å². The Kier molecular flexibility index (Phi) is 5.43. The van der Waals surface area contributed by atoms with Crippen LogP contribution in [0.1, 0.15) is 37.3 Å². The molecule has 0 fully saturated rings. The molecule has 0 bridgehead atoms. The standard InChI is InChI=1S/C16H23NO/c1-2-18-13-15-9-7-6-8-14(15)12-17-16-10-4-3-5-11-16/h4,6-10,16-17H,2-3,5,11-13H2,1H3.